The lowest BCUT2D eigenvalue weighted by Crippen LogP contribution is -2.07. The van der Waals surface area contributed by atoms with E-state index >= 15 is 0 Å². The van der Waals surface area contributed by atoms with Crippen LogP contribution < -0.4 is 11.1 Å². The van der Waals surface area contributed by atoms with Gasteiger partial charge >= 0.3 is 6.18 Å². The average Bonchev–Trinajstić information content (AvgIpc) is 2.40. The largest absolute Gasteiger partial charge is 0.416 e. The molecule has 0 aliphatic rings. The number of nitrogens with one attached hydrogen (secondary N) is 1. The fourth-order valence-corrected chi connectivity index (χ4v) is 1.97. The third-order valence-corrected chi connectivity index (χ3v) is 3.37. The van der Waals surface area contributed by atoms with Gasteiger partial charge in [-0.2, -0.15) is 13.2 Å². The van der Waals surface area contributed by atoms with Crippen molar-refractivity contribution in [2.75, 3.05) is 11.1 Å². The quantitative estimate of drug-likeness (QED) is 0.575. The van der Waals surface area contributed by atoms with Crippen molar-refractivity contribution in [1.29, 1.82) is 0 Å². The van der Waals surface area contributed by atoms with Crippen molar-refractivity contribution < 1.29 is 22.0 Å². The van der Waals surface area contributed by atoms with E-state index in [-0.39, 0.29) is 15.8 Å². The normalized spacial score (nSPS) is 11.5. The Morgan fingerprint density at radius 3 is 2.33 bits per heavy atom. The molecule has 0 heterocycles. The lowest BCUT2D eigenvalue weighted by atomic mass is 10.1. The number of anilines is 3. The summed E-state index contributed by atoms with van der Waals surface area (Å²) in [4.78, 5) is 0. The number of halogens is 6. The van der Waals surface area contributed by atoms with Crippen molar-refractivity contribution in [2.45, 2.75) is 6.18 Å². The summed E-state index contributed by atoms with van der Waals surface area (Å²) in [6.45, 7) is 0. The minimum atomic E-state index is -4.55. The van der Waals surface area contributed by atoms with Gasteiger partial charge in [0.2, 0.25) is 0 Å². The summed E-state index contributed by atoms with van der Waals surface area (Å²) in [7, 11) is 0. The first-order chi connectivity index (χ1) is 9.70. The van der Waals surface area contributed by atoms with Crippen LogP contribution in [0.1, 0.15) is 5.56 Å². The van der Waals surface area contributed by atoms with E-state index in [4.69, 9.17) is 5.73 Å². The Bertz CT molecular complexity index is 685. The summed E-state index contributed by atoms with van der Waals surface area (Å²) in [6, 6.07) is 4.73. The molecule has 0 bridgehead atoms. The lowest BCUT2D eigenvalue weighted by molar-refractivity contribution is -0.137. The van der Waals surface area contributed by atoms with E-state index in [1.807, 2.05) is 0 Å². The second-order valence-corrected chi connectivity index (χ2v) is 5.00. The fraction of sp³-hybridized carbons (Fsp3) is 0.0769. The van der Waals surface area contributed by atoms with Gasteiger partial charge in [0.25, 0.3) is 0 Å². The van der Waals surface area contributed by atoms with Gasteiger partial charge in [-0.1, -0.05) is 0 Å². The molecular formula is C13H8BrF5N2. The standard InChI is InChI=1S/C13H8BrF5N2/c14-7-2-1-6(13(17,18)19)5-10(7)21-12-9(20)4-3-8(15)11(12)16/h1-5,21H,20H2. The Morgan fingerprint density at radius 2 is 1.71 bits per heavy atom. The molecule has 2 aromatic carbocycles. The molecule has 0 saturated carbocycles. The van der Waals surface area contributed by atoms with Crippen molar-refractivity contribution in [3.8, 4) is 0 Å². The summed E-state index contributed by atoms with van der Waals surface area (Å²) in [5, 5.41) is 2.38. The Hall–Kier alpha value is -1.83. The molecule has 0 unspecified atom stereocenters. The van der Waals surface area contributed by atoms with E-state index in [1.54, 1.807) is 0 Å². The Morgan fingerprint density at radius 1 is 1.05 bits per heavy atom. The molecule has 0 spiro atoms. The van der Waals surface area contributed by atoms with E-state index in [1.165, 1.54) is 0 Å². The molecule has 0 aliphatic carbocycles. The van der Waals surface area contributed by atoms with Crippen LogP contribution >= 0.6 is 15.9 Å². The van der Waals surface area contributed by atoms with Crippen LogP contribution in [0.4, 0.5) is 39.0 Å². The van der Waals surface area contributed by atoms with Gasteiger partial charge in [-0.05, 0) is 46.3 Å². The van der Waals surface area contributed by atoms with Crippen LogP contribution in [0.5, 0.6) is 0 Å². The van der Waals surface area contributed by atoms with Crippen LogP contribution in [0, 0.1) is 11.6 Å². The molecule has 8 heteroatoms. The maximum Gasteiger partial charge on any atom is 0.416 e. The van der Waals surface area contributed by atoms with Crippen LogP contribution in [-0.4, -0.2) is 0 Å². The van der Waals surface area contributed by atoms with E-state index in [9.17, 15) is 22.0 Å². The highest BCUT2D eigenvalue weighted by Crippen LogP contribution is 2.36. The minimum absolute atomic E-state index is 0.0824. The SMILES string of the molecule is Nc1ccc(F)c(F)c1Nc1cc(C(F)(F)F)ccc1Br. The molecular weight excluding hydrogens is 359 g/mol. The van der Waals surface area contributed by atoms with Crippen molar-refractivity contribution in [3.05, 3.63) is 52.0 Å². The number of rotatable bonds is 2. The zero-order valence-electron chi connectivity index (χ0n) is 10.2. The van der Waals surface area contributed by atoms with Crippen LogP contribution in [-0.2, 0) is 6.18 Å². The van der Waals surface area contributed by atoms with E-state index in [0.717, 1.165) is 30.3 Å². The third-order valence-electron chi connectivity index (χ3n) is 2.68. The zero-order chi connectivity index (χ0) is 15.8. The molecule has 0 saturated heterocycles. The maximum atomic E-state index is 13.7. The molecule has 0 aliphatic heterocycles. The number of nitrogen functional groups attached to an aromatic ring is 1. The summed E-state index contributed by atoms with van der Waals surface area (Å²) >= 11 is 3.04. The van der Waals surface area contributed by atoms with E-state index in [2.05, 4.69) is 21.2 Å². The molecule has 112 valence electrons. The van der Waals surface area contributed by atoms with Crippen LogP contribution in [0.15, 0.2) is 34.8 Å². The number of benzene rings is 2. The van der Waals surface area contributed by atoms with Crippen molar-refractivity contribution >= 4 is 33.0 Å². The highest BCUT2D eigenvalue weighted by Gasteiger charge is 2.31. The topological polar surface area (TPSA) is 38.0 Å². The average molecular weight is 367 g/mol. The first kappa shape index (κ1) is 15.6. The molecule has 2 aromatic rings. The minimum Gasteiger partial charge on any atom is -0.397 e. The Labute approximate surface area is 124 Å². The number of alkyl halides is 3. The first-order valence-electron chi connectivity index (χ1n) is 5.57. The Balaban J connectivity index is 2.47. The van der Waals surface area contributed by atoms with Gasteiger partial charge in [-0.3, -0.25) is 0 Å². The van der Waals surface area contributed by atoms with E-state index < -0.39 is 29.1 Å². The highest BCUT2D eigenvalue weighted by atomic mass is 79.9. The van der Waals surface area contributed by atoms with Crippen LogP contribution in [0.3, 0.4) is 0 Å². The zero-order valence-corrected chi connectivity index (χ0v) is 11.8. The second-order valence-electron chi connectivity index (χ2n) is 4.14. The van der Waals surface area contributed by atoms with E-state index in [0.29, 0.717) is 0 Å². The molecule has 2 rings (SSSR count). The van der Waals surface area contributed by atoms with Crippen molar-refractivity contribution in [2.24, 2.45) is 0 Å². The lowest BCUT2D eigenvalue weighted by Gasteiger charge is -2.14. The smallest absolute Gasteiger partial charge is 0.397 e. The molecule has 0 aromatic heterocycles. The number of hydrogen-bond acceptors (Lipinski definition) is 2. The predicted molar refractivity (Wildman–Crippen MR) is 73.2 cm³/mol. The molecule has 0 fully saturated rings. The van der Waals surface area contributed by atoms with Crippen molar-refractivity contribution in [3.63, 3.8) is 0 Å². The van der Waals surface area contributed by atoms with Gasteiger partial charge < -0.3 is 11.1 Å². The third kappa shape index (κ3) is 3.26. The number of hydrogen-bond donors (Lipinski definition) is 2. The van der Waals surface area contributed by atoms with Gasteiger partial charge in [0.15, 0.2) is 11.6 Å². The summed E-state index contributed by atoms with van der Waals surface area (Å²) in [6.07, 6.45) is -4.55. The Kier molecular flexibility index (Phi) is 4.08. The van der Waals surface area contributed by atoms with Gasteiger partial charge in [0.05, 0.1) is 16.9 Å². The molecule has 2 nitrogen and oxygen atoms in total. The maximum absolute atomic E-state index is 13.7. The second kappa shape index (κ2) is 5.51. The monoisotopic (exact) mass is 366 g/mol. The van der Waals surface area contributed by atoms with Gasteiger partial charge in [0.1, 0.15) is 5.69 Å². The summed E-state index contributed by atoms with van der Waals surface area (Å²) < 4.78 is 65.1. The van der Waals surface area contributed by atoms with Crippen LogP contribution in [0.2, 0.25) is 0 Å². The van der Waals surface area contributed by atoms with Gasteiger partial charge in [-0.25, -0.2) is 8.78 Å². The van der Waals surface area contributed by atoms with Crippen molar-refractivity contribution in [1.82, 2.24) is 0 Å². The number of nitrogens with two attached hydrogens (primary N) is 1. The first-order valence-corrected chi connectivity index (χ1v) is 6.36. The fourth-order valence-electron chi connectivity index (χ4n) is 1.62. The molecule has 0 radical (unpaired) electrons. The molecule has 0 amide bonds. The molecule has 21 heavy (non-hydrogen) atoms. The molecule has 3 N–H and O–H groups in total. The summed E-state index contributed by atoms with van der Waals surface area (Å²) in [5.41, 5.74) is 3.95. The highest BCUT2D eigenvalue weighted by molar-refractivity contribution is 9.10. The van der Waals surface area contributed by atoms with Gasteiger partial charge in [-0.15, -0.1) is 0 Å². The molecule has 0 atom stereocenters. The summed E-state index contributed by atoms with van der Waals surface area (Å²) in [5.74, 6) is -2.42. The predicted octanol–water partition coefficient (Wildman–Crippen LogP) is 5.07. The van der Waals surface area contributed by atoms with Crippen LogP contribution in [0.25, 0.3) is 0 Å². The van der Waals surface area contributed by atoms with Gasteiger partial charge in [0, 0.05) is 4.47 Å².